The van der Waals surface area contributed by atoms with Crippen LogP contribution in [-0.2, 0) is 6.42 Å². The van der Waals surface area contributed by atoms with Crippen molar-refractivity contribution in [1.29, 1.82) is 0 Å². The number of fused-ring (bicyclic) bond motifs is 1. The Morgan fingerprint density at radius 3 is 3.11 bits per heavy atom. The number of rotatable bonds is 3. The van der Waals surface area contributed by atoms with Gasteiger partial charge in [-0.1, -0.05) is 6.92 Å². The van der Waals surface area contributed by atoms with Crippen molar-refractivity contribution in [1.82, 2.24) is 25.3 Å². The first kappa shape index (κ1) is 12.3. The van der Waals surface area contributed by atoms with Crippen LogP contribution in [-0.4, -0.2) is 33.0 Å². The molecular formula is C13H20N6. The van der Waals surface area contributed by atoms with Crippen molar-refractivity contribution in [3.05, 3.63) is 12.2 Å². The summed E-state index contributed by atoms with van der Waals surface area (Å²) < 4.78 is 0. The smallest absolute Gasteiger partial charge is 0.183 e. The van der Waals surface area contributed by atoms with Gasteiger partial charge in [0.25, 0.3) is 0 Å². The summed E-state index contributed by atoms with van der Waals surface area (Å²) >= 11 is 0. The number of H-pyrrole nitrogens is 1. The molecule has 0 aromatic carbocycles. The third kappa shape index (κ3) is 2.53. The molecule has 2 aromatic heterocycles. The van der Waals surface area contributed by atoms with Crippen LogP contribution in [0.15, 0.2) is 6.33 Å². The van der Waals surface area contributed by atoms with E-state index in [2.05, 4.69) is 32.2 Å². The van der Waals surface area contributed by atoms with E-state index in [0.29, 0.717) is 17.4 Å². The first-order valence-corrected chi connectivity index (χ1v) is 6.90. The second-order valence-electron chi connectivity index (χ2n) is 5.43. The van der Waals surface area contributed by atoms with Gasteiger partial charge < -0.3 is 16.0 Å². The first-order valence-electron chi connectivity index (χ1n) is 6.90. The fourth-order valence-electron chi connectivity index (χ4n) is 2.83. The van der Waals surface area contributed by atoms with Gasteiger partial charge in [0.15, 0.2) is 11.5 Å². The number of hydrogen-bond acceptors (Lipinski definition) is 5. The van der Waals surface area contributed by atoms with E-state index < -0.39 is 0 Å². The Bertz CT molecular complexity index is 557. The van der Waals surface area contributed by atoms with Crippen molar-refractivity contribution >= 4 is 17.0 Å². The van der Waals surface area contributed by atoms with Crippen molar-refractivity contribution < 1.29 is 0 Å². The van der Waals surface area contributed by atoms with Gasteiger partial charge in [-0.2, -0.15) is 0 Å². The fourth-order valence-corrected chi connectivity index (χ4v) is 2.83. The van der Waals surface area contributed by atoms with Crippen molar-refractivity contribution in [2.45, 2.75) is 26.2 Å². The molecule has 6 heteroatoms. The molecule has 3 rings (SSSR count). The Labute approximate surface area is 112 Å². The molecule has 0 aliphatic carbocycles. The van der Waals surface area contributed by atoms with Crippen LogP contribution < -0.4 is 11.1 Å². The largest absolute Gasteiger partial charge is 0.382 e. The van der Waals surface area contributed by atoms with E-state index in [0.717, 1.165) is 36.8 Å². The molecule has 2 unspecified atom stereocenters. The highest BCUT2D eigenvalue weighted by Gasteiger charge is 2.21. The second kappa shape index (κ2) is 5.13. The van der Waals surface area contributed by atoms with Crippen molar-refractivity contribution in [2.24, 2.45) is 11.8 Å². The number of piperidine rings is 1. The number of nitrogens with zero attached hydrogens (tertiary/aromatic N) is 3. The zero-order chi connectivity index (χ0) is 13.2. The minimum Gasteiger partial charge on any atom is -0.382 e. The second-order valence-corrected chi connectivity index (χ2v) is 5.43. The number of hydrogen-bond donors (Lipinski definition) is 3. The van der Waals surface area contributed by atoms with Crippen molar-refractivity contribution in [3.63, 3.8) is 0 Å². The van der Waals surface area contributed by atoms with Crippen LogP contribution in [0.25, 0.3) is 11.2 Å². The third-order valence-electron chi connectivity index (χ3n) is 4.02. The van der Waals surface area contributed by atoms with Crippen LogP contribution in [0.2, 0.25) is 0 Å². The van der Waals surface area contributed by atoms with E-state index in [1.54, 1.807) is 0 Å². The maximum Gasteiger partial charge on any atom is 0.183 e. The van der Waals surface area contributed by atoms with Crippen LogP contribution in [0.4, 0.5) is 5.82 Å². The molecule has 6 nitrogen and oxygen atoms in total. The summed E-state index contributed by atoms with van der Waals surface area (Å²) in [6, 6.07) is 0. The number of nitrogens with two attached hydrogens (primary N) is 1. The number of nitrogens with one attached hydrogen (secondary N) is 2. The summed E-state index contributed by atoms with van der Waals surface area (Å²) in [5.41, 5.74) is 7.23. The molecule has 0 amide bonds. The van der Waals surface area contributed by atoms with Crippen LogP contribution in [0.3, 0.4) is 0 Å². The highest BCUT2D eigenvalue weighted by atomic mass is 15.0. The lowest BCUT2D eigenvalue weighted by atomic mass is 9.85. The fraction of sp³-hybridized carbons (Fsp3) is 0.615. The van der Waals surface area contributed by atoms with E-state index in [9.17, 15) is 0 Å². The van der Waals surface area contributed by atoms with Gasteiger partial charge >= 0.3 is 0 Å². The zero-order valence-corrected chi connectivity index (χ0v) is 11.2. The summed E-state index contributed by atoms with van der Waals surface area (Å²) in [5.74, 6) is 2.75. The monoisotopic (exact) mass is 260 g/mol. The predicted octanol–water partition coefficient (Wildman–Crippen LogP) is 1.11. The van der Waals surface area contributed by atoms with Crippen molar-refractivity contribution in [2.75, 3.05) is 18.8 Å². The zero-order valence-electron chi connectivity index (χ0n) is 11.2. The maximum absolute atomic E-state index is 5.81. The van der Waals surface area contributed by atoms with Gasteiger partial charge in [0.1, 0.15) is 17.7 Å². The van der Waals surface area contributed by atoms with Gasteiger partial charge in [0.2, 0.25) is 0 Å². The summed E-state index contributed by atoms with van der Waals surface area (Å²) in [4.78, 5) is 15.9. The molecule has 2 atom stereocenters. The van der Waals surface area contributed by atoms with Crippen molar-refractivity contribution in [3.8, 4) is 0 Å². The molecule has 102 valence electrons. The van der Waals surface area contributed by atoms with E-state index in [-0.39, 0.29) is 0 Å². The average molecular weight is 260 g/mol. The molecule has 1 aliphatic rings. The molecule has 2 aromatic rings. The minimum absolute atomic E-state index is 0.468. The number of imidazole rings is 1. The van der Waals surface area contributed by atoms with E-state index in [1.165, 1.54) is 19.2 Å². The summed E-state index contributed by atoms with van der Waals surface area (Å²) in [6.07, 6.45) is 4.96. The molecule has 1 aliphatic heterocycles. The standard InChI is InChI=1S/C13H20N6/c1-8(9-3-2-4-15-6-9)5-10-18-11-12(14)16-7-17-13(11)19-10/h7-9,15H,2-6H2,1H3,(H3,14,16,17,18,19). The van der Waals surface area contributed by atoms with Crippen LogP contribution in [0.5, 0.6) is 0 Å². The van der Waals surface area contributed by atoms with Gasteiger partial charge in [-0.05, 0) is 37.8 Å². The highest BCUT2D eigenvalue weighted by molar-refractivity contribution is 5.80. The molecule has 4 N–H and O–H groups in total. The van der Waals surface area contributed by atoms with Gasteiger partial charge in [0.05, 0.1) is 0 Å². The van der Waals surface area contributed by atoms with E-state index in [1.807, 2.05) is 0 Å². The Balaban J connectivity index is 1.75. The quantitative estimate of drug-likeness (QED) is 0.769. The molecule has 1 fully saturated rings. The van der Waals surface area contributed by atoms with E-state index in [4.69, 9.17) is 5.73 Å². The highest BCUT2D eigenvalue weighted by Crippen LogP contribution is 2.23. The molecular weight excluding hydrogens is 240 g/mol. The number of aromatic nitrogens is 4. The molecule has 3 heterocycles. The molecule has 0 radical (unpaired) electrons. The summed E-state index contributed by atoms with van der Waals surface area (Å²) in [6.45, 7) is 4.56. The Morgan fingerprint density at radius 2 is 2.37 bits per heavy atom. The van der Waals surface area contributed by atoms with Gasteiger partial charge in [-0.3, -0.25) is 0 Å². The SMILES string of the molecule is CC(Cc1nc2ncnc(N)c2[nH]1)C1CCCNC1. The maximum atomic E-state index is 5.81. The lowest BCUT2D eigenvalue weighted by Gasteiger charge is -2.27. The van der Waals surface area contributed by atoms with Gasteiger partial charge in [-0.15, -0.1) is 0 Å². The number of anilines is 1. The first-order chi connectivity index (χ1) is 9.24. The summed E-state index contributed by atoms with van der Waals surface area (Å²) in [5, 5.41) is 3.46. The van der Waals surface area contributed by atoms with Crippen LogP contribution in [0, 0.1) is 11.8 Å². The van der Waals surface area contributed by atoms with Gasteiger partial charge in [0, 0.05) is 6.42 Å². The van der Waals surface area contributed by atoms with E-state index >= 15 is 0 Å². The summed E-state index contributed by atoms with van der Waals surface area (Å²) in [7, 11) is 0. The third-order valence-corrected chi connectivity index (χ3v) is 4.02. The minimum atomic E-state index is 0.468. The van der Waals surface area contributed by atoms with Crippen LogP contribution in [0.1, 0.15) is 25.6 Å². The Morgan fingerprint density at radius 1 is 1.47 bits per heavy atom. The predicted molar refractivity (Wildman–Crippen MR) is 74.6 cm³/mol. The molecule has 0 saturated carbocycles. The normalized spacial score (nSPS) is 21.6. The number of nitrogen functional groups attached to an aromatic ring is 1. The number of aromatic amines is 1. The Hall–Kier alpha value is -1.69. The molecule has 0 bridgehead atoms. The lowest BCUT2D eigenvalue weighted by Crippen LogP contribution is -2.34. The molecule has 19 heavy (non-hydrogen) atoms. The Kier molecular flexibility index (Phi) is 3.33. The van der Waals surface area contributed by atoms with Gasteiger partial charge in [-0.25, -0.2) is 15.0 Å². The topological polar surface area (TPSA) is 92.5 Å². The van der Waals surface area contributed by atoms with Crippen LogP contribution >= 0.6 is 0 Å². The molecule has 0 spiro atoms. The average Bonchev–Trinajstić information content (AvgIpc) is 2.84. The lowest BCUT2D eigenvalue weighted by molar-refractivity contribution is 0.276. The molecule has 1 saturated heterocycles.